The fraction of sp³-hybridized carbons (Fsp3) is 0.800. The van der Waals surface area contributed by atoms with Gasteiger partial charge in [-0.05, 0) is 12.8 Å². The van der Waals surface area contributed by atoms with E-state index in [0.29, 0.717) is 26.1 Å². The van der Waals surface area contributed by atoms with E-state index in [1.54, 1.807) is 0 Å². The molecule has 0 aliphatic carbocycles. The molecule has 0 aromatic heterocycles. The maximum absolute atomic E-state index is 11.9. The van der Waals surface area contributed by atoms with Crippen LogP contribution in [0.3, 0.4) is 0 Å². The average molecular weight is 246 g/mol. The fourth-order valence-corrected chi connectivity index (χ4v) is 1.61. The molecule has 1 fully saturated rings. The largest absolute Gasteiger partial charge is 0.480 e. The molecule has 1 aliphatic heterocycles. The highest BCUT2D eigenvalue weighted by atomic mass is 16.5. The minimum atomic E-state index is -1.14. The lowest BCUT2D eigenvalue weighted by atomic mass is 9.90. The van der Waals surface area contributed by atoms with Gasteiger partial charge in [0.05, 0.1) is 12.1 Å². The van der Waals surface area contributed by atoms with E-state index < -0.39 is 23.5 Å². The summed E-state index contributed by atoms with van der Waals surface area (Å²) in [4.78, 5) is 22.8. The van der Waals surface area contributed by atoms with Crippen LogP contribution in [0.25, 0.3) is 0 Å². The molecule has 0 aromatic rings. The molecule has 1 unspecified atom stereocenters. The number of carbonyl (C=O) groups is 2. The normalized spacial score (nSPS) is 20.6. The lowest BCUT2D eigenvalue weighted by Crippen LogP contribution is -2.60. The number of hydrogen-bond acceptors (Lipinski definition) is 5. The van der Waals surface area contributed by atoms with Gasteiger partial charge >= 0.3 is 5.97 Å². The summed E-state index contributed by atoms with van der Waals surface area (Å²) in [7, 11) is 1.37. The molecule has 0 radical (unpaired) electrons. The van der Waals surface area contributed by atoms with E-state index in [-0.39, 0.29) is 6.61 Å². The number of nitrogens with one attached hydrogen (secondary N) is 1. The Bertz CT molecular complexity index is 288. The highest BCUT2D eigenvalue weighted by Crippen LogP contribution is 2.17. The monoisotopic (exact) mass is 246 g/mol. The van der Waals surface area contributed by atoms with Gasteiger partial charge in [0.25, 0.3) is 0 Å². The van der Waals surface area contributed by atoms with E-state index in [9.17, 15) is 9.59 Å². The van der Waals surface area contributed by atoms with Gasteiger partial charge < -0.3 is 25.6 Å². The smallest absolute Gasteiger partial charge is 0.328 e. The third-order valence-electron chi connectivity index (χ3n) is 2.77. The summed E-state index contributed by atoms with van der Waals surface area (Å²) in [6.07, 6.45) is 0.774. The van der Waals surface area contributed by atoms with Crippen LogP contribution < -0.4 is 11.1 Å². The molecule has 0 spiro atoms. The maximum Gasteiger partial charge on any atom is 0.328 e. The van der Waals surface area contributed by atoms with E-state index in [0.717, 1.165) is 0 Å². The summed E-state index contributed by atoms with van der Waals surface area (Å²) in [6, 6.07) is -1.07. The fourth-order valence-electron chi connectivity index (χ4n) is 1.61. The second-order valence-corrected chi connectivity index (χ2v) is 4.09. The number of methoxy groups -OCH3 is 1. The van der Waals surface area contributed by atoms with Gasteiger partial charge in [0.2, 0.25) is 5.91 Å². The first-order chi connectivity index (χ1) is 7.99. The Balaban J connectivity index is 2.59. The molecule has 0 bridgehead atoms. The first-order valence-corrected chi connectivity index (χ1v) is 5.39. The Hall–Kier alpha value is -1.18. The van der Waals surface area contributed by atoms with Gasteiger partial charge in [0.1, 0.15) is 0 Å². The zero-order valence-corrected chi connectivity index (χ0v) is 9.77. The number of amides is 1. The highest BCUT2D eigenvalue weighted by Gasteiger charge is 2.37. The second kappa shape index (κ2) is 5.95. The molecular formula is C10H18N2O5. The Labute approximate surface area is 99.3 Å². The minimum Gasteiger partial charge on any atom is -0.480 e. The molecule has 4 N–H and O–H groups in total. The first-order valence-electron chi connectivity index (χ1n) is 5.39. The Morgan fingerprint density at radius 3 is 2.59 bits per heavy atom. The Morgan fingerprint density at radius 2 is 2.12 bits per heavy atom. The van der Waals surface area contributed by atoms with Crippen LogP contribution in [-0.4, -0.2) is 55.5 Å². The van der Waals surface area contributed by atoms with Crippen LogP contribution in [0.4, 0.5) is 0 Å². The molecular weight excluding hydrogens is 228 g/mol. The molecule has 1 aliphatic rings. The van der Waals surface area contributed by atoms with Gasteiger partial charge in [0, 0.05) is 20.3 Å². The van der Waals surface area contributed by atoms with Crippen LogP contribution in [0.15, 0.2) is 0 Å². The second-order valence-electron chi connectivity index (χ2n) is 4.09. The molecule has 17 heavy (non-hydrogen) atoms. The van der Waals surface area contributed by atoms with E-state index >= 15 is 0 Å². The molecule has 0 aromatic carbocycles. The third kappa shape index (κ3) is 3.65. The minimum absolute atomic E-state index is 0.0896. The van der Waals surface area contributed by atoms with Gasteiger partial charge in [-0.3, -0.25) is 4.79 Å². The molecule has 1 heterocycles. The lowest BCUT2D eigenvalue weighted by molar-refractivity contribution is -0.145. The molecule has 1 amide bonds. The summed E-state index contributed by atoms with van der Waals surface area (Å²) in [5.74, 6) is -1.61. The number of nitrogens with two attached hydrogens (primary N) is 1. The summed E-state index contributed by atoms with van der Waals surface area (Å²) in [5.41, 5.74) is 4.88. The zero-order valence-electron chi connectivity index (χ0n) is 9.77. The Kier molecular flexibility index (Phi) is 4.86. The number of hydrogen-bond donors (Lipinski definition) is 3. The predicted octanol–water partition coefficient (Wildman–Crippen LogP) is -1.29. The van der Waals surface area contributed by atoms with Crippen LogP contribution in [0.5, 0.6) is 0 Å². The number of carboxylic acid groups (broad SMARTS) is 1. The van der Waals surface area contributed by atoms with Crippen molar-refractivity contribution in [3.8, 4) is 0 Å². The number of carbonyl (C=O) groups excluding carboxylic acids is 1. The van der Waals surface area contributed by atoms with E-state index in [2.05, 4.69) is 5.32 Å². The topological polar surface area (TPSA) is 111 Å². The van der Waals surface area contributed by atoms with Crippen LogP contribution >= 0.6 is 0 Å². The van der Waals surface area contributed by atoms with Crippen molar-refractivity contribution in [3.05, 3.63) is 0 Å². The van der Waals surface area contributed by atoms with Crippen LogP contribution in [-0.2, 0) is 19.1 Å². The average Bonchev–Trinajstić information content (AvgIpc) is 2.29. The van der Waals surface area contributed by atoms with E-state index in [1.165, 1.54) is 7.11 Å². The summed E-state index contributed by atoms with van der Waals surface area (Å²) in [6.45, 7) is 0.728. The van der Waals surface area contributed by atoms with Crippen molar-refractivity contribution in [3.63, 3.8) is 0 Å². The van der Waals surface area contributed by atoms with Crippen molar-refractivity contribution in [2.24, 2.45) is 5.73 Å². The van der Waals surface area contributed by atoms with E-state index in [1.807, 2.05) is 0 Å². The molecule has 0 saturated carbocycles. The van der Waals surface area contributed by atoms with Crippen molar-refractivity contribution < 1.29 is 24.2 Å². The number of ether oxygens (including phenoxy) is 2. The van der Waals surface area contributed by atoms with Gasteiger partial charge in [-0.2, -0.15) is 0 Å². The number of carboxylic acids is 1. The molecule has 1 rings (SSSR count). The predicted molar refractivity (Wildman–Crippen MR) is 58.4 cm³/mol. The van der Waals surface area contributed by atoms with Crippen LogP contribution in [0.1, 0.15) is 12.8 Å². The molecule has 7 heteroatoms. The number of rotatable bonds is 5. The zero-order chi connectivity index (χ0) is 12.9. The van der Waals surface area contributed by atoms with E-state index in [4.69, 9.17) is 20.3 Å². The summed E-state index contributed by atoms with van der Waals surface area (Å²) in [5, 5.41) is 11.3. The third-order valence-corrected chi connectivity index (χ3v) is 2.77. The summed E-state index contributed by atoms with van der Waals surface area (Å²) >= 11 is 0. The summed E-state index contributed by atoms with van der Waals surface area (Å²) < 4.78 is 9.84. The van der Waals surface area contributed by atoms with Crippen LogP contribution in [0.2, 0.25) is 0 Å². The SMILES string of the molecule is COCC(NC(=O)C1(N)CCOCC1)C(=O)O. The quantitative estimate of drug-likeness (QED) is 0.556. The molecule has 7 nitrogen and oxygen atoms in total. The Morgan fingerprint density at radius 1 is 1.53 bits per heavy atom. The van der Waals surface area contributed by atoms with Crippen molar-refractivity contribution >= 4 is 11.9 Å². The van der Waals surface area contributed by atoms with Crippen molar-refractivity contribution in [1.29, 1.82) is 0 Å². The van der Waals surface area contributed by atoms with Crippen molar-refractivity contribution in [1.82, 2.24) is 5.32 Å². The lowest BCUT2D eigenvalue weighted by Gasteiger charge is -2.32. The standard InChI is InChI=1S/C10H18N2O5/c1-16-6-7(8(13)14)12-9(15)10(11)2-4-17-5-3-10/h7H,2-6,11H2,1H3,(H,12,15)(H,13,14). The maximum atomic E-state index is 11.9. The van der Waals surface area contributed by atoms with Crippen molar-refractivity contribution in [2.75, 3.05) is 26.9 Å². The number of aliphatic carboxylic acids is 1. The van der Waals surface area contributed by atoms with Gasteiger partial charge in [-0.1, -0.05) is 0 Å². The molecule has 1 saturated heterocycles. The van der Waals surface area contributed by atoms with Gasteiger partial charge in [-0.25, -0.2) is 4.79 Å². The molecule has 98 valence electrons. The van der Waals surface area contributed by atoms with Gasteiger partial charge in [0.15, 0.2) is 6.04 Å². The van der Waals surface area contributed by atoms with Gasteiger partial charge in [-0.15, -0.1) is 0 Å². The molecule has 1 atom stereocenters. The van der Waals surface area contributed by atoms with Crippen molar-refractivity contribution in [2.45, 2.75) is 24.4 Å². The highest BCUT2D eigenvalue weighted by molar-refractivity contribution is 5.90. The van der Waals surface area contributed by atoms with Crippen LogP contribution in [0, 0.1) is 0 Å². The first kappa shape index (κ1) is 13.9.